The molecule has 0 bridgehead atoms. The maximum Gasteiger partial charge on any atom is 0.287 e. The zero-order chi connectivity index (χ0) is 13.0. The van der Waals surface area contributed by atoms with Gasteiger partial charge in [-0.25, -0.2) is 0 Å². The van der Waals surface area contributed by atoms with E-state index in [-0.39, 0.29) is 24.1 Å². The Kier molecular flexibility index (Phi) is 4.02. The number of nitrogens with zero attached hydrogens (tertiary/aromatic N) is 1. The fraction of sp³-hybridized carbons (Fsp3) is 0.538. The van der Waals surface area contributed by atoms with Crippen LogP contribution in [-0.4, -0.2) is 36.3 Å². The van der Waals surface area contributed by atoms with Crippen LogP contribution in [0.5, 0.6) is 0 Å². The van der Waals surface area contributed by atoms with Gasteiger partial charge in [0.25, 0.3) is 5.91 Å². The van der Waals surface area contributed by atoms with Crippen LogP contribution in [-0.2, 0) is 4.79 Å². The Morgan fingerprint density at radius 1 is 1.56 bits per heavy atom. The van der Waals surface area contributed by atoms with Gasteiger partial charge < -0.3 is 14.6 Å². The van der Waals surface area contributed by atoms with Crippen LogP contribution in [0, 0.1) is 5.92 Å². The van der Waals surface area contributed by atoms with Crippen LogP contribution in [0.4, 0.5) is 0 Å². The molecule has 1 saturated heterocycles. The van der Waals surface area contributed by atoms with Crippen LogP contribution in [0.1, 0.15) is 30.3 Å². The lowest BCUT2D eigenvalue weighted by Crippen LogP contribution is -2.44. The molecule has 2 amide bonds. The molecule has 1 N–H and O–H groups in total. The van der Waals surface area contributed by atoms with Crippen LogP contribution in [0.2, 0.25) is 0 Å². The van der Waals surface area contributed by atoms with Crippen molar-refractivity contribution in [3.63, 3.8) is 0 Å². The van der Waals surface area contributed by atoms with Crippen molar-refractivity contribution >= 4 is 11.8 Å². The van der Waals surface area contributed by atoms with Crippen molar-refractivity contribution in [1.29, 1.82) is 0 Å². The molecule has 0 saturated carbocycles. The molecule has 0 aromatic carbocycles. The van der Waals surface area contributed by atoms with Crippen molar-refractivity contribution in [1.82, 2.24) is 10.2 Å². The topological polar surface area (TPSA) is 62.6 Å². The van der Waals surface area contributed by atoms with Gasteiger partial charge in [0, 0.05) is 13.1 Å². The van der Waals surface area contributed by atoms with E-state index in [2.05, 4.69) is 12.2 Å². The number of likely N-dealkylation sites (tertiary alicyclic amines) is 1. The van der Waals surface area contributed by atoms with E-state index in [1.807, 2.05) is 4.90 Å². The first-order valence-electron chi connectivity index (χ1n) is 6.26. The maximum atomic E-state index is 11.9. The molecule has 98 valence electrons. The molecule has 1 aromatic heterocycles. The summed E-state index contributed by atoms with van der Waals surface area (Å²) in [6.07, 6.45) is 3.64. The monoisotopic (exact) mass is 250 g/mol. The minimum Gasteiger partial charge on any atom is -0.459 e. The second-order valence-corrected chi connectivity index (χ2v) is 4.75. The quantitative estimate of drug-likeness (QED) is 0.878. The molecule has 0 spiro atoms. The third-order valence-electron chi connectivity index (χ3n) is 3.15. The second kappa shape index (κ2) is 5.71. The highest BCUT2D eigenvalue weighted by Gasteiger charge is 2.21. The van der Waals surface area contributed by atoms with E-state index in [9.17, 15) is 9.59 Å². The first-order chi connectivity index (χ1) is 8.66. The molecule has 0 aliphatic carbocycles. The fourth-order valence-corrected chi connectivity index (χ4v) is 2.18. The smallest absolute Gasteiger partial charge is 0.287 e. The SMILES string of the molecule is C[C@@H]1CCCN(C(=O)CNC(=O)c2ccco2)C1. The van der Waals surface area contributed by atoms with E-state index in [4.69, 9.17) is 4.42 Å². The molecule has 1 aromatic rings. The van der Waals surface area contributed by atoms with Crippen LogP contribution < -0.4 is 5.32 Å². The number of rotatable bonds is 3. The minimum atomic E-state index is -0.349. The summed E-state index contributed by atoms with van der Waals surface area (Å²) in [6, 6.07) is 3.21. The zero-order valence-electron chi connectivity index (χ0n) is 10.5. The molecule has 18 heavy (non-hydrogen) atoms. The van der Waals surface area contributed by atoms with Crippen molar-refractivity contribution in [3.8, 4) is 0 Å². The van der Waals surface area contributed by atoms with E-state index < -0.39 is 0 Å². The lowest BCUT2D eigenvalue weighted by Gasteiger charge is -2.30. The molecule has 5 nitrogen and oxygen atoms in total. The summed E-state index contributed by atoms with van der Waals surface area (Å²) in [4.78, 5) is 25.3. The first kappa shape index (κ1) is 12.7. The minimum absolute atomic E-state index is 0.0264. The van der Waals surface area contributed by atoms with Gasteiger partial charge in [-0.15, -0.1) is 0 Å². The van der Waals surface area contributed by atoms with E-state index in [0.29, 0.717) is 5.92 Å². The number of carbonyl (C=O) groups excluding carboxylic acids is 2. The predicted octanol–water partition coefficient (Wildman–Crippen LogP) is 1.27. The number of nitrogens with one attached hydrogen (secondary N) is 1. The summed E-state index contributed by atoms with van der Waals surface area (Å²) in [5.41, 5.74) is 0. The molecule has 0 radical (unpaired) electrons. The summed E-state index contributed by atoms with van der Waals surface area (Å²) in [5, 5.41) is 2.57. The molecular weight excluding hydrogens is 232 g/mol. The highest BCUT2D eigenvalue weighted by molar-refractivity contribution is 5.94. The van der Waals surface area contributed by atoms with E-state index in [1.165, 1.54) is 12.7 Å². The van der Waals surface area contributed by atoms with Crippen molar-refractivity contribution in [2.45, 2.75) is 19.8 Å². The molecular formula is C13H18N2O3. The van der Waals surface area contributed by atoms with Gasteiger partial charge in [-0.2, -0.15) is 0 Å². The summed E-state index contributed by atoms with van der Waals surface area (Å²) in [5.74, 6) is 0.401. The van der Waals surface area contributed by atoms with Crippen molar-refractivity contribution < 1.29 is 14.0 Å². The summed E-state index contributed by atoms with van der Waals surface area (Å²) in [7, 11) is 0. The zero-order valence-corrected chi connectivity index (χ0v) is 10.5. The lowest BCUT2D eigenvalue weighted by molar-refractivity contribution is -0.131. The summed E-state index contributed by atoms with van der Waals surface area (Å²) in [6.45, 7) is 3.75. The Hall–Kier alpha value is -1.78. The van der Waals surface area contributed by atoms with Gasteiger partial charge in [-0.1, -0.05) is 6.92 Å². The van der Waals surface area contributed by atoms with Crippen LogP contribution in [0.15, 0.2) is 22.8 Å². The molecule has 1 fully saturated rings. The van der Waals surface area contributed by atoms with Gasteiger partial charge in [0.05, 0.1) is 12.8 Å². The molecule has 1 aliphatic rings. The number of furan rings is 1. The van der Waals surface area contributed by atoms with Crippen molar-refractivity contribution in [3.05, 3.63) is 24.2 Å². The molecule has 2 heterocycles. The Balaban J connectivity index is 1.79. The highest BCUT2D eigenvalue weighted by atomic mass is 16.3. The Morgan fingerprint density at radius 3 is 3.06 bits per heavy atom. The third kappa shape index (κ3) is 3.12. The lowest BCUT2D eigenvalue weighted by atomic mass is 10.0. The van der Waals surface area contributed by atoms with Crippen molar-refractivity contribution in [2.24, 2.45) is 5.92 Å². The van der Waals surface area contributed by atoms with Gasteiger partial charge >= 0.3 is 0 Å². The van der Waals surface area contributed by atoms with Gasteiger partial charge in [0.2, 0.25) is 5.91 Å². The van der Waals surface area contributed by atoms with E-state index in [0.717, 1.165) is 19.5 Å². The highest BCUT2D eigenvalue weighted by Crippen LogP contribution is 2.15. The van der Waals surface area contributed by atoms with E-state index >= 15 is 0 Å². The van der Waals surface area contributed by atoms with Crippen LogP contribution in [0.25, 0.3) is 0 Å². The second-order valence-electron chi connectivity index (χ2n) is 4.75. The molecule has 1 atom stereocenters. The van der Waals surface area contributed by atoms with E-state index in [1.54, 1.807) is 12.1 Å². The first-order valence-corrected chi connectivity index (χ1v) is 6.26. The largest absolute Gasteiger partial charge is 0.459 e. The Morgan fingerprint density at radius 2 is 2.39 bits per heavy atom. The van der Waals surface area contributed by atoms with Gasteiger partial charge in [0.1, 0.15) is 0 Å². The molecule has 5 heteroatoms. The van der Waals surface area contributed by atoms with Gasteiger partial charge in [0.15, 0.2) is 5.76 Å². The number of amides is 2. The Bertz CT molecular complexity index is 414. The van der Waals surface area contributed by atoms with Crippen LogP contribution >= 0.6 is 0 Å². The van der Waals surface area contributed by atoms with Crippen LogP contribution in [0.3, 0.4) is 0 Å². The number of piperidine rings is 1. The summed E-state index contributed by atoms with van der Waals surface area (Å²) < 4.78 is 4.95. The molecule has 1 aliphatic heterocycles. The molecule has 2 rings (SSSR count). The number of carbonyl (C=O) groups is 2. The third-order valence-corrected chi connectivity index (χ3v) is 3.15. The number of hydrogen-bond acceptors (Lipinski definition) is 3. The normalized spacial score (nSPS) is 19.6. The van der Waals surface area contributed by atoms with Gasteiger partial charge in [-0.3, -0.25) is 9.59 Å². The number of hydrogen-bond donors (Lipinski definition) is 1. The maximum absolute atomic E-state index is 11.9. The fourth-order valence-electron chi connectivity index (χ4n) is 2.18. The molecule has 0 unspecified atom stereocenters. The average molecular weight is 250 g/mol. The average Bonchev–Trinajstić information content (AvgIpc) is 2.89. The van der Waals surface area contributed by atoms with Gasteiger partial charge in [-0.05, 0) is 30.9 Å². The Labute approximate surface area is 106 Å². The predicted molar refractivity (Wildman–Crippen MR) is 66.0 cm³/mol. The summed E-state index contributed by atoms with van der Waals surface area (Å²) >= 11 is 0. The standard InChI is InChI=1S/C13H18N2O3/c1-10-4-2-6-15(9-10)12(16)8-14-13(17)11-5-3-7-18-11/h3,5,7,10H,2,4,6,8-9H2,1H3,(H,14,17)/t10-/m1/s1. The van der Waals surface area contributed by atoms with Crippen molar-refractivity contribution in [2.75, 3.05) is 19.6 Å².